The molecule has 136 valence electrons. The fourth-order valence-electron chi connectivity index (χ4n) is 3.02. The molecule has 3 atom stereocenters. The quantitative estimate of drug-likeness (QED) is 0.757. The van der Waals surface area contributed by atoms with E-state index in [4.69, 9.17) is 4.74 Å². The van der Waals surface area contributed by atoms with Crippen LogP contribution in [-0.4, -0.2) is 31.9 Å². The summed E-state index contributed by atoms with van der Waals surface area (Å²) in [5.41, 5.74) is 0.901. The third-order valence-corrected chi connectivity index (χ3v) is 6.73. The van der Waals surface area contributed by atoms with E-state index in [1.54, 1.807) is 30.3 Å². The lowest BCUT2D eigenvalue weighted by molar-refractivity contribution is -0.146. The van der Waals surface area contributed by atoms with E-state index in [2.05, 4.69) is 4.99 Å². The molecule has 1 aliphatic heterocycles. The Morgan fingerprint density at radius 3 is 2.31 bits per heavy atom. The monoisotopic (exact) mass is 371 g/mol. The molecule has 0 aromatic heterocycles. The highest BCUT2D eigenvalue weighted by Crippen LogP contribution is 2.27. The maximum atomic E-state index is 12.8. The van der Waals surface area contributed by atoms with Crippen LogP contribution in [0.2, 0.25) is 0 Å². The predicted octanol–water partition coefficient (Wildman–Crippen LogP) is 3.05. The van der Waals surface area contributed by atoms with Crippen molar-refractivity contribution in [2.45, 2.75) is 36.1 Å². The van der Waals surface area contributed by atoms with Gasteiger partial charge in [0.05, 0.1) is 4.90 Å². The second-order valence-electron chi connectivity index (χ2n) is 6.44. The number of carbonyl (C=O) groups excluding carboxylic acids is 1. The number of aliphatic imine (C=N–C) groups is 1. The Bertz CT molecular complexity index is 879. The van der Waals surface area contributed by atoms with Crippen molar-refractivity contribution in [3.8, 4) is 0 Å². The molecule has 2 aromatic rings. The van der Waals surface area contributed by atoms with Crippen LogP contribution in [0.15, 0.2) is 70.6 Å². The number of hydrogen-bond donors (Lipinski definition) is 0. The zero-order chi connectivity index (χ0) is 18.6. The number of rotatable bonds is 5. The number of benzene rings is 2. The van der Waals surface area contributed by atoms with Gasteiger partial charge in [-0.3, -0.25) is 4.99 Å². The standard InChI is InChI=1S/C20H21NO4S/c1-15-12-18(20(22)25-14-16-8-4-2-5-9-16)21-13-19(15)26(23,24)17-10-6-3-7-11-17/h2-11,13,15,18-19H,12,14H2,1H3/t15-,18-,19-/m1/s1. The van der Waals surface area contributed by atoms with E-state index in [9.17, 15) is 13.2 Å². The molecule has 0 bridgehead atoms. The van der Waals surface area contributed by atoms with Crippen LogP contribution in [0.4, 0.5) is 0 Å². The van der Waals surface area contributed by atoms with Gasteiger partial charge in [-0.2, -0.15) is 0 Å². The summed E-state index contributed by atoms with van der Waals surface area (Å²) < 4.78 is 30.9. The van der Waals surface area contributed by atoms with Crippen molar-refractivity contribution in [3.63, 3.8) is 0 Å². The molecule has 26 heavy (non-hydrogen) atoms. The Morgan fingerprint density at radius 2 is 1.69 bits per heavy atom. The van der Waals surface area contributed by atoms with Gasteiger partial charge in [-0.05, 0) is 30.0 Å². The first-order chi connectivity index (χ1) is 12.5. The summed E-state index contributed by atoms with van der Waals surface area (Å²) in [6, 6.07) is 17.1. The smallest absolute Gasteiger partial charge is 0.331 e. The van der Waals surface area contributed by atoms with Gasteiger partial charge in [0.2, 0.25) is 0 Å². The summed E-state index contributed by atoms with van der Waals surface area (Å²) >= 11 is 0. The van der Waals surface area contributed by atoms with E-state index in [0.717, 1.165) is 5.56 Å². The fraction of sp³-hybridized carbons (Fsp3) is 0.300. The molecule has 2 aromatic carbocycles. The minimum absolute atomic E-state index is 0.186. The first kappa shape index (κ1) is 18.3. The van der Waals surface area contributed by atoms with E-state index in [0.29, 0.717) is 6.42 Å². The van der Waals surface area contributed by atoms with Gasteiger partial charge in [0.15, 0.2) is 9.84 Å². The highest BCUT2D eigenvalue weighted by molar-refractivity contribution is 7.92. The molecule has 5 nitrogen and oxygen atoms in total. The summed E-state index contributed by atoms with van der Waals surface area (Å²) in [5.74, 6) is -0.653. The molecule has 0 radical (unpaired) electrons. The first-order valence-electron chi connectivity index (χ1n) is 8.51. The Morgan fingerprint density at radius 1 is 1.08 bits per heavy atom. The average Bonchev–Trinajstić information content (AvgIpc) is 2.67. The van der Waals surface area contributed by atoms with Crippen molar-refractivity contribution in [2.75, 3.05) is 0 Å². The third-order valence-electron chi connectivity index (χ3n) is 4.49. The fourth-order valence-corrected chi connectivity index (χ4v) is 4.82. The number of nitrogens with zero attached hydrogens (tertiary/aromatic N) is 1. The topological polar surface area (TPSA) is 72.8 Å². The minimum Gasteiger partial charge on any atom is -0.459 e. The van der Waals surface area contributed by atoms with Gasteiger partial charge in [-0.15, -0.1) is 0 Å². The maximum Gasteiger partial charge on any atom is 0.331 e. The molecule has 0 spiro atoms. The molecule has 0 fully saturated rings. The average molecular weight is 371 g/mol. The lowest BCUT2D eigenvalue weighted by Crippen LogP contribution is -2.38. The summed E-state index contributed by atoms with van der Waals surface area (Å²) in [7, 11) is -3.52. The number of esters is 1. The van der Waals surface area contributed by atoms with E-state index < -0.39 is 27.1 Å². The van der Waals surface area contributed by atoms with Crippen molar-refractivity contribution < 1.29 is 17.9 Å². The molecule has 1 aliphatic rings. The normalized spacial score (nSPS) is 22.7. The molecule has 0 saturated carbocycles. The molecule has 0 aliphatic carbocycles. The van der Waals surface area contributed by atoms with Crippen LogP contribution in [0.5, 0.6) is 0 Å². The maximum absolute atomic E-state index is 12.8. The third kappa shape index (κ3) is 4.02. The first-order valence-corrected chi connectivity index (χ1v) is 10.1. The van der Waals surface area contributed by atoms with Crippen LogP contribution < -0.4 is 0 Å². The minimum atomic E-state index is -3.52. The van der Waals surface area contributed by atoms with E-state index >= 15 is 0 Å². The van der Waals surface area contributed by atoms with Gasteiger partial charge in [-0.1, -0.05) is 55.5 Å². The Balaban J connectivity index is 1.67. The van der Waals surface area contributed by atoms with Crippen molar-refractivity contribution in [2.24, 2.45) is 10.9 Å². The van der Waals surface area contributed by atoms with Gasteiger partial charge in [0.25, 0.3) is 0 Å². The molecule has 3 rings (SSSR count). The van der Waals surface area contributed by atoms with E-state index in [1.807, 2.05) is 37.3 Å². The SMILES string of the molecule is C[C@@H]1C[C@H](C(=O)OCc2ccccc2)N=C[C@H]1S(=O)(=O)c1ccccc1. The van der Waals surface area contributed by atoms with Crippen LogP contribution in [0.25, 0.3) is 0 Å². The summed E-state index contributed by atoms with van der Waals surface area (Å²) in [4.78, 5) is 16.7. The van der Waals surface area contributed by atoms with Gasteiger partial charge in [-0.25, -0.2) is 13.2 Å². The zero-order valence-corrected chi connectivity index (χ0v) is 15.3. The van der Waals surface area contributed by atoms with Crippen molar-refractivity contribution in [3.05, 3.63) is 66.2 Å². The van der Waals surface area contributed by atoms with Crippen LogP contribution >= 0.6 is 0 Å². The zero-order valence-electron chi connectivity index (χ0n) is 14.5. The van der Waals surface area contributed by atoms with Gasteiger partial charge in [0, 0.05) is 6.21 Å². The summed E-state index contributed by atoms with van der Waals surface area (Å²) in [6.45, 7) is 2.01. The highest BCUT2D eigenvalue weighted by Gasteiger charge is 2.37. The molecule has 0 saturated heterocycles. The lowest BCUT2D eigenvalue weighted by Gasteiger charge is -2.27. The Kier molecular flexibility index (Phi) is 5.52. The lowest BCUT2D eigenvalue weighted by atomic mass is 9.96. The van der Waals surface area contributed by atoms with Crippen LogP contribution in [-0.2, 0) is 26.0 Å². The van der Waals surface area contributed by atoms with E-state index in [1.165, 1.54) is 6.21 Å². The highest BCUT2D eigenvalue weighted by atomic mass is 32.2. The Hall–Kier alpha value is -2.47. The molecule has 0 amide bonds. The number of sulfone groups is 1. The molecule has 1 heterocycles. The largest absolute Gasteiger partial charge is 0.459 e. The van der Waals surface area contributed by atoms with Gasteiger partial charge in [0.1, 0.15) is 17.9 Å². The van der Waals surface area contributed by atoms with Crippen LogP contribution in [0, 0.1) is 5.92 Å². The van der Waals surface area contributed by atoms with Gasteiger partial charge >= 0.3 is 5.97 Å². The van der Waals surface area contributed by atoms with Crippen LogP contribution in [0.3, 0.4) is 0 Å². The molecule has 0 unspecified atom stereocenters. The van der Waals surface area contributed by atoms with Crippen molar-refractivity contribution in [1.82, 2.24) is 0 Å². The molecule has 6 heteroatoms. The predicted molar refractivity (Wildman–Crippen MR) is 99.7 cm³/mol. The second-order valence-corrected chi connectivity index (χ2v) is 8.55. The van der Waals surface area contributed by atoms with Crippen molar-refractivity contribution in [1.29, 1.82) is 0 Å². The van der Waals surface area contributed by atoms with E-state index in [-0.39, 0.29) is 17.4 Å². The molecular formula is C20H21NO4S. The van der Waals surface area contributed by atoms with Crippen LogP contribution in [0.1, 0.15) is 18.9 Å². The number of ether oxygens (including phenoxy) is 1. The number of hydrogen-bond acceptors (Lipinski definition) is 5. The van der Waals surface area contributed by atoms with Gasteiger partial charge < -0.3 is 4.74 Å². The Labute approximate surface area is 153 Å². The summed E-state index contributed by atoms with van der Waals surface area (Å²) in [5, 5.41) is -0.733. The number of carbonyl (C=O) groups is 1. The molecular weight excluding hydrogens is 350 g/mol. The molecule has 0 N–H and O–H groups in total. The van der Waals surface area contributed by atoms with Crippen molar-refractivity contribution >= 4 is 22.0 Å². The second kappa shape index (κ2) is 7.83. The summed E-state index contributed by atoms with van der Waals surface area (Å²) in [6.07, 6.45) is 1.74.